The van der Waals surface area contributed by atoms with Crippen molar-refractivity contribution in [3.8, 4) is 11.5 Å². The molecule has 0 N–H and O–H groups in total. The van der Waals surface area contributed by atoms with Crippen LogP contribution in [0, 0.1) is 6.92 Å². The van der Waals surface area contributed by atoms with Gasteiger partial charge in [-0.3, -0.25) is 4.68 Å². The molecule has 0 radical (unpaired) electrons. The van der Waals surface area contributed by atoms with Crippen molar-refractivity contribution in [2.75, 3.05) is 0 Å². The fraction of sp³-hybridized carbons (Fsp3) is 0.118. The van der Waals surface area contributed by atoms with Crippen LogP contribution in [0.2, 0.25) is 0 Å². The Morgan fingerprint density at radius 3 is 2.25 bits per heavy atom. The summed E-state index contributed by atoms with van der Waals surface area (Å²) in [6, 6.07) is 19.9. The van der Waals surface area contributed by atoms with Gasteiger partial charge in [-0.25, -0.2) is 0 Å². The zero-order valence-electron chi connectivity index (χ0n) is 11.4. The maximum Gasteiger partial charge on any atom is 0.127 e. The summed E-state index contributed by atoms with van der Waals surface area (Å²) in [5.41, 5.74) is 2.24. The fourth-order valence-electron chi connectivity index (χ4n) is 2.03. The lowest BCUT2D eigenvalue weighted by atomic mass is 10.2. The molecule has 0 bridgehead atoms. The van der Waals surface area contributed by atoms with Crippen LogP contribution in [0.1, 0.15) is 11.3 Å². The molecule has 3 rings (SSSR count). The maximum atomic E-state index is 5.77. The second-order valence-corrected chi connectivity index (χ2v) is 4.71. The zero-order chi connectivity index (χ0) is 13.8. The summed E-state index contributed by atoms with van der Waals surface area (Å²) in [7, 11) is 0. The highest BCUT2D eigenvalue weighted by atomic mass is 16.5. The highest BCUT2D eigenvalue weighted by Crippen LogP contribution is 2.21. The van der Waals surface area contributed by atoms with Gasteiger partial charge in [-0.05, 0) is 42.8 Å². The van der Waals surface area contributed by atoms with Crippen LogP contribution in [0.15, 0.2) is 66.9 Å². The molecule has 3 nitrogen and oxygen atoms in total. The quantitative estimate of drug-likeness (QED) is 0.711. The third-order valence-electron chi connectivity index (χ3n) is 3.02. The Balaban J connectivity index is 1.68. The van der Waals surface area contributed by atoms with Gasteiger partial charge in [-0.15, -0.1) is 0 Å². The fourth-order valence-corrected chi connectivity index (χ4v) is 2.03. The van der Waals surface area contributed by atoms with Crippen LogP contribution in [0.3, 0.4) is 0 Å². The number of ether oxygens (including phenoxy) is 1. The number of hydrogen-bond acceptors (Lipinski definition) is 2. The first-order valence-corrected chi connectivity index (χ1v) is 6.61. The highest BCUT2D eigenvalue weighted by molar-refractivity contribution is 5.33. The molecule has 3 aromatic rings. The molecule has 0 saturated carbocycles. The molecule has 3 heteroatoms. The first-order chi connectivity index (χ1) is 9.79. The van der Waals surface area contributed by atoms with Gasteiger partial charge in [-0.2, -0.15) is 5.10 Å². The summed E-state index contributed by atoms with van der Waals surface area (Å²) >= 11 is 0. The number of hydrogen-bond donors (Lipinski definition) is 0. The molecule has 0 amide bonds. The van der Waals surface area contributed by atoms with E-state index in [0.717, 1.165) is 23.7 Å². The lowest BCUT2D eigenvalue weighted by Crippen LogP contribution is -2.00. The van der Waals surface area contributed by atoms with E-state index in [0.29, 0.717) is 0 Å². The third kappa shape index (κ3) is 3.06. The number of aryl methyl sites for hydroxylation is 1. The third-order valence-corrected chi connectivity index (χ3v) is 3.02. The van der Waals surface area contributed by atoms with Gasteiger partial charge in [0.05, 0.1) is 12.2 Å². The van der Waals surface area contributed by atoms with E-state index in [2.05, 4.69) is 17.2 Å². The van der Waals surface area contributed by atoms with Crippen molar-refractivity contribution in [2.45, 2.75) is 13.5 Å². The van der Waals surface area contributed by atoms with E-state index in [9.17, 15) is 0 Å². The molecular weight excluding hydrogens is 248 g/mol. The second-order valence-electron chi connectivity index (χ2n) is 4.71. The highest BCUT2D eigenvalue weighted by Gasteiger charge is 1.99. The van der Waals surface area contributed by atoms with Gasteiger partial charge >= 0.3 is 0 Å². The Morgan fingerprint density at radius 2 is 1.60 bits per heavy atom. The Morgan fingerprint density at radius 1 is 0.900 bits per heavy atom. The van der Waals surface area contributed by atoms with Crippen molar-refractivity contribution in [3.63, 3.8) is 0 Å². The molecule has 1 heterocycles. The minimum Gasteiger partial charge on any atom is -0.457 e. The number of para-hydroxylation sites is 1. The van der Waals surface area contributed by atoms with E-state index in [1.54, 1.807) is 0 Å². The van der Waals surface area contributed by atoms with Crippen LogP contribution >= 0.6 is 0 Å². The number of nitrogens with zero attached hydrogens (tertiary/aromatic N) is 2. The SMILES string of the molecule is Cc1ccn(Cc2ccc(Oc3ccccc3)cc2)n1. The summed E-state index contributed by atoms with van der Waals surface area (Å²) in [6.07, 6.45) is 1.99. The van der Waals surface area contributed by atoms with Crippen molar-refractivity contribution in [1.82, 2.24) is 9.78 Å². The molecule has 0 atom stereocenters. The average molecular weight is 264 g/mol. The lowest BCUT2D eigenvalue weighted by molar-refractivity contribution is 0.482. The summed E-state index contributed by atoms with van der Waals surface area (Å²) in [6.45, 7) is 2.77. The van der Waals surface area contributed by atoms with Crippen LogP contribution in [-0.4, -0.2) is 9.78 Å². The van der Waals surface area contributed by atoms with Gasteiger partial charge in [0, 0.05) is 6.20 Å². The van der Waals surface area contributed by atoms with E-state index in [-0.39, 0.29) is 0 Å². The number of aromatic nitrogens is 2. The average Bonchev–Trinajstić information content (AvgIpc) is 2.88. The molecule has 0 aliphatic rings. The number of benzene rings is 2. The molecule has 0 aliphatic carbocycles. The predicted molar refractivity (Wildman–Crippen MR) is 79.0 cm³/mol. The summed E-state index contributed by atoms with van der Waals surface area (Å²) < 4.78 is 7.70. The van der Waals surface area contributed by atoms with Crippen LogP contribution in [0.4, 0.5) is 0 Å². The van der Waals surface area contributed by atoms with E-state index in [4.69, 9.17) is 4.74 Å². The van der Waals surface area contributed by atoms with Crippen molar-refractivity contribution in [2.24, 2.45) is 0 Å². The molecule has 0 saturated heterocycles. The summed E-state index contributed by atoms with van der Waals surface area (Å²) in [5.74, 6) is 1.69. The van der Waals surface area contributed by atoms with Crippen molar-refractivity contribution < 1.29 is 4.74 Å². The first-order valence-electron chi connectivity index (χ1n) is 6.61. The standard InChI is InChI=1S/C17H16N2O/c1-14-11-12-19(18-14)13-15-7-9-17(10-8-15)20-16-5-3-2-4-6-16/h2-12H,13H2,1H3. The second kappa shape index (κ2) is 5.61. The number of rotatable bonds is 4. The van der Waals surface area contributed by atoms with Gasteiger partial charge in [-0.1, -0.05) is 30.3 Å². The van der Waals surface area contributed by atoms with E-state index < -0.39 is 0 Å². The van der Waals surface area contributed by atoms with Crippen molar-refractivity contribution in [3.05, 3.63) is 78.1 Å². The van der Waals surface area contributed by atoms with Gasteiger partial charge in [0.25, 0.3) is 0 Å². The molecule has 0 fully saturated rings. The van der Waals surface area contributed by atoms with Gasteiger partial charge < -0.3 is 4.74 Å². The summed E-state index contributed by atoms with van der Waals surface area (Å²) in [5, 5.41) is 4.38. The Labute approximate surface area is 118 Å². The molecule has 0 aliphatic heterocycles. The van der Waals surface area contributed by atoms with E-state index in [1.165, 1.54) is 5.56 Å². The molecule has 0 unspecified atom stereocenters. The lowest BCUT2D eigenvalue weighted by Gasteiger charge is -2.07. The van der Waals surface area contributed by atoms with Gasteiger partial charge in [0.15, 0.2) is 0 Å². The van der Waals surface area contributed by atoms with Gasteiger partial charge in [0.1, 0.15) is 11.5 Å². The minimum absolute atomic E-state index is 0.777. The predicted octanol–water partition coefficient (Wildman–Crippen LogP) is 4.03. The van der Waals surface area contributed by atoms with Crippen LogP contribution < -0.4 is 4.74 Å². The monoisotopic (exact) mass is 264 g/mol. The maximum absolute atomic E-state index is 5.77. The van der Waals surface area contributed by atoms with Gasteiger partial charge in [0.2, 0.25) is 0 Å². The van der Waals surface area contributed by atoms with E-state index >= 15 is 0 Å². The smallest absolute Gasteiger partial charge is 0.127 e. The minimum atomic E-state index is 0.777. The van der Waals surface area contributed by atoms with Crippen LogP contribution in [0.25, 0.3) is 0 Å². The molecular formula is C17H16N2O. The Kier molecular flexibility index (Phi) is 3.50. The molecule has 0 spiro atoms. The van der Waals surface area contributed by atoms with Crippen molar-refractivity contribution >= 4 is 0 Å². The summed E-state index contributed by atoms with van der Waals surface area (Å²) in [4.78, 5) is 0. The molecule has 2 aromatic carbocycles. The Hall–Kier alpha value is -2.55. The van der Waals surface area contributed by atoms with Crippen LogP contribution in [-0.2, 0) is 6.54 Å². The molecule has 100 valence electrons. The van der Waals surface area contributed by atoms with Crippen LogP contribution in [0.5, 0.6) is 11.5 Å². The Bertz CT molecular complexity index is 672. The molecule has 1 aromatic heterocycles. The molecule has 20 heavy (non-hydrogen) atoms. The first kappa shape index (κ1) is 12.5. The van der Waals surface area contributed by atoms with E-state index in [1.807, 2.05) is 66.3 Å². The normalized spacial score (nSPS) is 10.4. The topological polar surface area (TPSA) is 27.1 Å². The largest absolute Gasteiger partial charge is 0.457 e. The van der Waals surface area contributed by atoms with Crippen molar-refractivity contribution in [1.29, 1.82) is 0 Å². The zero-order valence-corrected chi connectivity index (χ0v) is 11.4.